The molecule has 1 rings (SSSR count). The van der Waals surface area contributed by atoms with Gasteiger partial charge >= 0.3 is 0 Å². The van der Waals surface area contributed by atoms with Gasteiger partial charge in [-0.25, -0.2) is 0 Å². The summed E-state index contributed by atoms with van der Waals surface area (Å²) in [5, 5.41) is 0. The number of carbonyl (C=O) groups excluding carboxylic acids is 1. The predicted octanol–water partition coefficient (Wildman–Crippen LogP) is 4.71. The molecule has 100 valence electrons. The first kappa shape index (κ1) is 14.9. The Balaban J connectivity index is 2.93. The van der Waals surface area contributed by atoms with Crippen LogP contribution >= 0.6 is 0 Å². The monoisotopic (exact) mass is 246 g/mol. The average Bonchev–Trinajstić information content (AvgIpc) is 2.25. The first-order valence-electron chi connectivity index (χ1n) is 6.88. The Morgan fingerprint density at radius 1 is 1.44 bits per heavy atom. The smallest absolute Gasteiger partial charge is 0.143 e. The molecule has 0 bridgehead atoms. The van der Waals surface area contributed by atoms with Crippen LogP contribution in [0.4, 0.5) is 0 Å². The van der Waals surface area contributed by atoms with E-state index in [1.54, 1.807) is 6.08 Å². The molecule has 0 fully saturated rings. The van der Waals surface area contributed by atoms with Crippen LogP contribution in [0.3, 0.4) is 0 Å². The number of aldehydes is 1. The maximum atomic E-state index is 10.6. The lowest BCUT2D eigenvalue weighted by Gasteiger charge is -2.36. The van der Waals surface area contributed by atoms with Crippen molar-refractivity contribution < 1.29 is 4.79 Å². The molecule has 0 saturated carbocycles. The first-order valence-corrected chi connectivity index (χ1v) is 6.88. The average molecular weight is 246 g/mol. The fourth-order valence-electron chi connectivity index (χ4n) is 2.71. The van der Waals surface area contributed by atoms with Crippen LogP contribution in [0.25, 0.3) is 0 Å². The molecule has 1 atom stereocenters. The third-order valence-corrected chi connectivity index (χ3v) is 4.00. The fourth-order valence-corrected chi connectivity index (χ4v) is 2.71. The van der Waals surface area contributed by atoms with E-state index < -0.39 is 0 Å². The number of allylic oxidation sites excluding steroid dienone is 6. The molecule has 1 unspecified atom stereocenters. The molecule has 0 saturated heterocycles. The second-order valence-electron chi connectivity index (χ2n) is 6.27. The summed E-state index contributed by atoms with van der Waals surface area (Å²) < 4.78 is 0. The van der Waals surface area contributed by atoms with E-state index in [9.17, 15) is 4.79 Å². The van der Waals surface area contributed by atoms with Gasteiger partial charge in [0.2, 0.25) is 0 Å². The van der Waals surface area contributed by atoms with Crippen molar-refractivity contribution in [3.63, 3.8) is 0 Å². The summed E-state index contributed by atoms with van der Waals surface area (Å²) in [6.07, 6.45) is 11.7. The summed E-state index contributed by atoms with van der Waals surface area (Å²) in [5.74, 6) is 0.877. The van der Waals surface area contributed by atoms with Crippen molar-refractivity contribution in [1.29, 1.82) is 0 Å². The van der Waals surface area contributed by atoms with Crippen LogP contribution in [0.2, 0.25) is 0 Å². The highest BCUT2D eigenvalue weighted by atomic mass is 16.1. The van der Waals surface area contributed by atoms with Crippen molar-refractivity contribution in [3.05, 3.63) is 35.5 Å². The molecule has 0 radical (unpaired) electrons. The fraction of sp³-hybridized carbons (Fsp3) is 0.588. The normalized spacial score (nSPS) is 24.4. The molecule has 18 heavy (non-hydrogen) atoms. The molecule has 0 aromatic carbocycles. The number of carbonyl (C=O) groups is 1. The highest BCUT2D eigenvalue weighted by molar-refractivity contribution is 5.67. The van der Waals surface area contributed by atoms with Gasteiger partial charge in [-0.1, -0.05) is 51.5 Å². The summed E-state index contributed by atoms with van der Waals surface area (Å²) in [6, 6.07) is 0. The molecule has 0 heterocycles. The summed E-state index contributed by atoms with van der Waals surface area (Å²) in [6.45, 7) is 11.1. The zero-order valence-electron chi connectivity index (χ0n) is 12.4. The molecule has 1 aliphatic carbocycles. The molecule has 1 nitrogen and oxygen atoms in total. The topological polar surface area (TPSA) is 17.1 Å². The maximum Gasteiger partial charge on any atom is 0.143 e. The molecule has 0 aromatic rings. The minimum absolute atomic E-state index is 0.318. The van der Waals surface area contributed by atoms with E-state index in [0.717, 1.165) is 11.9 Å². The number of rotatable bonds is 4. The second-order valence-corrected chi connectivity index (χ2v) is 6.27. The molecule has 1 aliphatic rings. The van der Waals surface area contributed by atoms with Gasteiger partial charge in [-0.15, -0.1) is 0 Å². The van der Waals surface area contributed by atoms with E-state index in [2.05, 4.69) is 52.8 Å². The quantitative estimate of drug-likeness (QED) is 0.304. The van der Waals surface area contributed by atoms with E-state index in [0.29, 0.717) is 17.3 Å². The molecule has 1 heteroatoms. The van der Waals surface area contributed by atoms with E-state index in [4.69, 9.17) is 0 Å². The lowest BCUT2D eigenvalue weighted by Crippen LogP contribution is -2.26. The van der Waals surface area contributed by atoms with Gasteiger partial charge in [0, 0.05) is 5.92 Å². The summed E-state index contributed by atoms with van der Waals surface area (Å²) in [4.78, 5) is 10.6. The van der Waals surface area contributed by atoms with Crippen LogP contribution in [0, 0.1) is 17.3 Å². The van der Waals surface area contributed by atoms with Crippen LogP contribution in [-0.4, -0.2) is 6.29 Å². The zero-order chi connectivity index (χ0) is 13.8. The van der Waals surface area contributed by atoms with E-state index in [1.165, 1.54) is 18.4 Å². The Bertz CT molecular complexity index is 380. The van der Waals surface area contributed by atoms with Crippen molar-refractivity contribution in [2.24, 2.45) is 17.3 Å². The minimum atomic E-state index is 0.318. The Kier molecular flexibility index (Phi) is 5.13. The van der Waals surface area contributed by atoms with E-state index >= 15 is 0 Å². The van der Waals surface area contributed by atoms with Crippen LogP contribution in [-0.2, 0) is 4.79 Å². The lowest BCUT2D eigenvalue weighted by molar-refractivity contribution is -0.104. The summed E-state index contributed by atoms with van der Waals surface area (Å²) in [5.41, 5.74) is 2.88. The molecule has 0 spiro atoms. The van der Waals surface area contributed by atoms with Gasteiger partial charge in [0.05, 0.1) is 0 Å². The van der Waals surface area contributed by atoms with Crippen molar-refractivity contribution in [1.82, 2.24) is 0 Å². The molecule has 0 N–H and O–H groups in total. The highest BCUT2D eigenvalue weighted by Crippen LogP contribution is 2.41. The Morgan fingerprint density at radius 3 is 2.61 bits per heavy atom. The largest absolute Gasteiger partial charge is 0.299 e. The Morgan fingerprint density at radius 2 is 2.11 bits per heavy atom. The summed E-state index contributed by atoms with van der Waals surface area (Å²) >= 11 is 0. The van der Waals surface area contributed by atoms with Gasteiger partial charge in [0.25, 0.3) is 0 Å². The number of hydrogen-bond acceptors (Lipinski definition) is 1. The zero-order valence-corrected chi connectivity index (χ0v) is 12.4. The highest BCUT2D eigenvalue weighted by Gasteiger charge is 2.30. The molecule has 0 aromatic heterocycles. The van der Waals surface area contributed by atoms with Crippen molar-refractivity contribution in [3.8, 4) is 0 Å². The van der Waals surface area contributed by atoms with Crippen molar-refractivity contribution in [2.75, 3.05) is 0 Å². The van der Waals surface area contributed by atoms with Gasteiger partial charge in [-0.05, 0) is 42.7 Å². The van der Waals surface area contributed by atoms with Crippen LogP contribution in [0.15, 0.2) is 35.5 Å². The number of hydrogen-bond donors (Lipinski definition) is 0. The minimum Gasteiger partial charge on any atom is -0.299 e. The van der Waals surface area contributed by atoms with E-state index in [-0.39, 0.29) is 0 Å². The molecule has 0 aliphatic heterocycles. The van der Waals surface area contributed by atoms with Gasteiger partial charge in [-0.3, -0.25) is 4.79 Å². The second kappa shape index (κ2) is 6.17. The molecular formula is C17H26O. The lowest BCUT2D eigenvalue weighted by atomic mass is 9.68. The maximum absolute atomic E-state index is 10.6. The van der Waals surface area contributed by atoms with Gasteiger partial charge < -0.3 is 0 Å². The van der Waals surface area contributed by atoms with Crippen molar-refractivity contribution >= 4 is 6.29 Å². The molecular weight excluding hydrogens is 220 g/mol. The Hall–Kier alpha value is -1.11. The predicted molar refractivity (Wildman–Crippen MR) is 78.4 cm³/mol. The van der Waals surface area contributed by atoms with Gasteiger partial charge in [0.1, 0.15) is 6.29 Å². The van der Waals surface area contributed by atoms with Gasteiger partial charge in [-0.2, -0.15) is 0 Å². The van der Waals surface area contributed by atoms with E-state index in [1.807, 2.05) is 0 Å². The van der Waals surface area contributed by atoms with Crippen LogP contribution in [0.5, 0.6) is 0 Å². The SMILES string of the molecule is CC1=CCCC(C)(C)C1/C=C/C(=C\C=O)C(C)C. The van der Waals surface area contributed by atoms with Crippen molar-refractivity contribution in [2.45, 2.75) is 47.5 Å². The molecule has 0 amide bonds. The van der Waals surface area contributed by atoms with Crippen LogP contribution < -0.4 is 0 Å². The third-order valence-electron chi connectivity index (χ3n) is 4.00. The van der Waals surface area contributed by atoms with Gasteiger partial charge in [0.15, 0.2) is 0 Å². The first-order chi connectivity index (χ1) is 8.38. The van der Waals surface area contributed by atoms with Crippen LogP contribution in [0.1, 0.15) is 47.5 Å². The third kappa shape index (κ3) is 3.69. The summed E-state index contributed by atoms with van der Waals surface area (Å²) in [7, 11) is 0. The standard InChI is InChI=1S/C17H26O/c1-13(2)15(10-12-18)8-9-16-14(3)7-6-11-17(16,4)5/h7-10,12-13,16H,6,11H2,1-5H3/b9-8+,15-10+. The Labute approximate surface area is 112 Å².